The summed E-state index contributed by atoms with van der Waals surface area (Å²) in [6.07, 6.45) is 3.81. The van der Waals surface area contributed by atoms with Crippen molar-refractivity contribution in [2.75, 3.05) is 18.8 Å². The maximum atomic E-state index is 12.6. The van der Waals surface area contributed by atoms with Crippen molar-refractivity contribution < 1.29 is 17.7 Å². The highest BCUT2D eigenvalue weighted by molar-refractivity contribution is 7.89. The Balaban J connectivity index is 1.62. The number of aromatic nitrogens is 1. The molecule has 8 nitrogen and oxygen atoms in total. The first-order chi connectivity index (χ1) is 12.8. The van der Waals surface area contributed by atoms with E-state index in [4.69, 9.17) is 10.3 Å². The molecule has 2 heterocycles. The maximum Gasteiger partial charge on any atom is 0.273 e. The summed E-state index contributed by atoms with van der Waals surface area (Å²) in [5, 5.41) is 6.88. The summed E-state index contributed by atoms with van der Waals surface area (Å²) in [4.78, 5) is 12.5. The van der Waals surface area contributed by atoms with Crippen molar-refractivity contribution in [1.29, 1.82) is 0 Å². The lowest BCUT2D eigenvalue weighted by Crippen LogP contribution is -2.54. The molecule has 1 saturated heterocycles. The minimum atomic E-state index is -3.33. The van der Waals surface area contributed by atoms with Crippen molar-refractivity contribution in [2.45, 2.75) is 64.0 Å². The van der Waals surface area contributed by atoms with Gasteiger partial charge in [-0.05, 0) is 44.6 Å². The van der Waals surface area contributed by atoms with E-state index < -0.39 is 10.0 Å². The Morgan fingerprint density at radius 2 is 2.15 bits per heavy atom. The van der Waals surface area contributed by atoms with Gasteiger partial charge in [-0.3, -0.25) is 4.79 Å². The highest BCUT2D eigenvalue weighted by atomic mass is 32.2. The molecule has 0 bridgehead atoms. The van der Waals surface area contributed by atoms with Crippen LogP contribution in [0.4, 0.5) is 0 Å². The van der Waals surface area contributed by atoms with Crippen molar-refractivity contribution >= 4 is 15.9 Å². The zero-order valence-electron chi connectivity index (χ0n) is 16.1. The number of amides is 1. The molecule has 1 unspecified atom stereocenters. The van der Waals surface area contributed by atoms with Crippen molar-refractivity contribution in [2.24, 2.45) is 11.7 Å². The smallest absolute Gasteiger partial charge is 0.273 e. The Bertz CT molecular complexity index is 757. The Kier molecular flexibility index (Phi) is 6.22. The van der Waals surface area contributed by atoms with Crippen LogP contribution in [0.2, 0.25) is 0 Å². The molecule has 1 amide bonds. The van der Waals surface area contributed by atoms with E-state index in [0.717, 1.165) is 18.6 Å². The molecular weight excluding hydrogens is 368 g/mol. The van der Waals surface area contributed by atoms with E-state index in [9.17, 15) is 13.2 Å². The first kappa shape index (κ1) is 20.3. The molecule has 0 aromatic carbocycles. The van der Waals surface area contributed by atoms with Crippen LogP contribution in [0.25, 0.3) is 0 Å². The van der Waals surface area contributed by atoms with E-state index in [-0.39, 0.29) is 29.7 Å². The largest absolute Gasteiger partial charge is 0.360 e. The predicted molar refractivity (Wildman–Crippen MR) is 102 cm³/mol. The summed E-state index contributed by atoms with van der Waals surface area (Å²) >= 11 is 0. The maximum absolute atomic E-state index is 12.6. The van der Waals surface area contributed by atoms with Gasteiger partial charge in [0.15, 0.2) is 5.69 Å². The van der Waals surface area contributed by atoms with Crippen molar-refractivity contribution in [1.82, 2.24) is 14.8 Å². The van der Waals surface area contributed by atoms with Gasteiger partial charge in [-0.15, -0.1) is 0 Å². The number of carbonyl (C=O) groups excluding carboxylic acids is 1. The Hall–Kier alpha value is -1.45. The lowest BCUT2D eigenvalue weighted by molar-refractivity contribution is 0.0890. The number of sulfonamides is 1. The van der Waals surface area contributed by atoms with Crippen LogP contribution in [0.3, 0.4) is 0 Å². The summed E-state index contributed by atoms with van der Waals surface area (Å²) in [7, 11) is -3.33. The summed E-state index contributed by atoms with van der Waals surface area (Å²) in [6.45, 7) is 4.80. The minimum absolute atomic E-state index is 0.0760. The number of nitrogens with two attached hydrogens (primary N) is 1. The molecule has 0 spiro atoms. The number of hydrogen-bond acceptors (Lipinski definition) is 6. The van der Waals surface area contributed by atoms with Crippen LogP contribution in [0, 0.1) is 5.92 Å². The van der Waals surface area contributed by atoms with Gasteiger partial charge in [0.2, 0.25) is 10.0 Å². The average Bonchev–Trinajstić information content (AvgIpc) is 3.36. The van der Waals surface area contributed by atoms with Gasteiger partial charge in [-0.2, -0.15) is 4.31 Å². The second kappa shape index (κ2) is 8.28. The third-order valence-electron chi connectivity index (χ3n) is 5.40. The molecule has 1 aliphatic carbocycles. The Morgan fingerprint density at radius 1 is 1.41 bits per heavy atom. The fraction of sp³-hybridized carbons (Fsp3) is 0.778. The normalized spacial score (nSPS) is 24.3. The van der Waals surface area contributed by atoms with E-state index in [1.54, 1.807) is 10.4 Å². The van der Waals surface area contributed by atoms with Crippen molar-refractivity contribution in [3.63, 3.8) is 0 Å². The van der Waals surface area contributed by atoms with Gasteiger partial charge in [0.25, 0.3) is 5.91 Å². The summed E-state index contributed by atoms with van der Waals surface area (Å²) in [5.41, 5.74) is 5.77. The fourth-order valence-corrected chi connectivity index (χ4v) is 5.55. The molecule has 3 N–H and O–H groups in total. The number of rotatable bonds is 8. The number of hydrogen-bond donors (Lipinski definition) is 2. The molecule has 1 saturated carbocycles. The third kappa shape index (κ3) is 4.89. The lowest BCUT2D eigenvalue weighted by atomic mass is 9.91. The molecular formula is C18H30N4O4S. The molecule has 27 heavy (non-hydrogen) atoms. The molecule has 2 atom stereocenters. The van der Waals surface area contributed by atoms with E-state index in [1.807, 2.05) is 13.8 Å². The highest BCUT2D eigenvalue weighted by Gasteiger charge is 2.38. The number of nitrogens with zero attached hydrogens (tertiary/aromatic N) is 2. The van der Waals surface area contributed by atoms with Crippen molar-refractivity contribution in [3.8, 4) is 0 Å². The zero-order chi connectivity index (χ0) is 19.6. The highest BCUT2D eigenvalue weighted by Crippen LogP contribution is 2.40. The van der Waals surface area contributed by atoms with Gasteiger partial charge in [0.05, 0.1) is 5.75 Å². The quantitative estimate of drug-likeness (QED) is 0.684. The van der Waals surface area contributed by atoms with Gasteiger partial charge in [0, 0.05) is 30.6 Å². The van der Waals surface area contributed by atoms with Crippen LogP contribution in [-0.2, 0) is 10.0 Å². The third-order valence-corrected chi connectivity index (χ3v) is 7.38. The number of nitrogens with one attached hydrogen (secondary N) is 1. The van der Waals surface area contributed by atoms with E-state index in [2.05, 4.69) is 10.5 Å². The number of piperidine rings is 1. The summed E-state index contributed by atoms with van der Waals surface area (Å²) in [6, 6.07) is 1.51. The Morgan fingerprint density at radius 3 is 2.78 bits per heavy atom. The van der Waals surface area contributed by atoms with Crippen LogP contribution < -0.4 is 11.1 Å². The SMILES string of the molecule is CC(C)C1C[C@H](NC(=O)c2cc(C3CC3)on2)CCN1S(=O)(=O)CCCN. The van der Waals surface area contributed by atoms with Crippen LogP contribution in [-0.4, -0.2) is 54.7 Å². The van der Waals surface area contributed by atoms with Gasteiger partial charge in [0.1, 0.15) is 5.76 Å². The van der Waals surface area contributed by atoms with Crippen LogP contribution in [0.15, 0.2) is 10.6 Å². The van der Waals surface area contributed by atoms with Gasteiger partial charge in [-0.1, -0.05) is 19.0 Å². The van der Waals surface area contributed by atoms with E-state index >= 15 is 0 Å². The van der Waals surface area contributed by atoms with Crippen LogP contribution >= 0.6 is 0 Å². The minimum Gasteiger partial charge on any atom is -0.360 e. The van der Waals surface area contributed by atoms with E-state index in [0.29, 0.717) is 44.0 Å². The fourth-order valence-electron chi connectivity index (χ4n) is 3.66. The molecule has 3 rings (SSSR count). The number of carbonyl (C=O) groups is 1. The lowest BCUT2D eigenvalue weighted by Gasteiger charge is -2.40. The Labute approximate surface area is 160 Å². The zero-order valence-corrected chi connectivity index (χ0v) is 16.9. The molecule has 2 fully saturated rings. The molecule has 1 aliphatic heterocycles. The topological polar surface area (TPSA) is 119 Å². The second-order valence-electron chi connectivity index (χ2n) is 7.96. The average molecular weight is 399 g/mol. The monoisotopic (exact) mass is 398 g/mol. The molecule has 2 aliphatic rings. The molecule has 0 radical (unpaired) electrons. The molecule has 9 heteroatoms. The first-order valence-electron chi connectivity index (χ1n) is 9.79. The van der Waals surface area contributed by atoms with Crippen LogP contribution in [0.1, 0.15) is 68.1 Å². The van der Waals surface area contributed by atoms with Gasteiger partial charge in [-0.25, -0.2) is 8.42 Å². The van der Waals surface area contributed by atoms with Gasteiger partial charge < -0.3 is 15.6 Å². The molecule has 1 aromatic heterocycles. The van der Waals surface area contributed by atoms with Crippen LogP contribution in [0.5, 0.6) is 0 Å². The predicted octanol–water partition coefficient (Wildman–Crippen LogP) is 1.45. The van der Waals surface area contributed by atoms with E-state index in [1.165, 1.54) is 0 Å². The van der Waals surface area contributed by atoms with Gasteiger partial charge >= 0.3 is 0 Å². The summed E-state index contributed by atoms with van der Waals surface area (Å²) < 4.78 is 32.1. The molecule has 152 valence electrons. The second-order valence-corrected chi connectivity index (χ2v) is 10.0. The standard InChI is InChI=1S/C18H30N4O4S/c1-12(2)16-10-14(6-8-22(16)27(24,25)9-3-7-19)20-18(23)15-11-17(26-21-15)13-4-5-13/h11-14,16H,3-10,19H2,1-2H3,(H,20,23)/t14-,16?/m1/s1. The first-order valence-corrected chi connectivity index (χ1v) is 11.4. The molecule has 1 aromatic rings. The summed E-state index contributed by atoms with van der Waals surface area (Å²) in [5.74, 6) is 1.17. The van der Waals surface area contributed by atoms with Crippen molar-refractivity contribution in [3.05, 3.63) is 17.5 Å².